The van der Waals surface area contributed by atoms with E-state index < -0.39 is 0 Å². The quantitative estimate of drug-likeness (QED) is 0.764. The fourth-order valence-corrected chi connectivity index (χ4v) is 1.53. The first-order valence-electron chi connectivity index (χ1n) is 5.26. The monoisotopic (exact) mass is 201 g/mol. The molecule has 0 amide bonds. The molecule has 0 bridgehead atoms. The molecule has 1 aromatic heterocycles. The van der Waals surface area contributed by atoms with Crippen LogP contribution >= 0.6 is 0 Å². The maximum absolute atomic E-state index is 4.09. The van der Waals surface area contributed by atoms with Crippen LogP contribution in [0.4, 0.5) is 0 Å². The average Bonchev–Trinajstić information content (AvgIpc) is 2.82. The third-order valence-corrected chi connectivity index (χ3v) is 2.76. The fourth-order valence-electron chi connectivity index (χ4n) is 1.53. The Morgan fingerprint density at radius 1 is 1.27 bits per heavy atom. The van der Waals surface area contributed by atoms with Gasteiger partial charge in [0.05, 0.1) is 5.69 Å². The van der Waals surface area contributed by atoms with Crippen LogP contribution in [0.2, 0.25) is 0 Å². The summed E-state index contributed by atoms with van der Waals surface area (Å²) in [5, 5.41) is 4.09. The van der Waals surface area contributed by atoms with E-state index in [0.717, 1.165) is 5.69 Å². The van der Waals surface area contributed by atoms with E-state index in [0.29, 0.717) is 5.92 Å². The highest BCUT2D eigenvalue weighted by molar-refractivity contribution is 5.34. The number of hydrogen-bond donors (Lipinski definition) is 0. The van der Waals surface area contributed by atoms with Gasteiger partial charge in [-0.25, -0.2) is 9.67 Å². The van der Waals surface area contributed by atoms with Gasteiger partial charge < -0.3 is 0 Å². The fraction of sp³-hybridized carbons (Fsp3) is 0.333. The first kappa shape index (κ1) is 9.90. The molecule has 0 spiro atoms. The average molecular weight is 201 g/mol. The van der Waals surface area contributed by atoms with E-state index in [2.05, 4.69) is 48.2 Å². The van der Waals surface area contributed by atoms with Crippen molar-refractivity contribution in [2.75, 3.05) is 0 Å². The van der Waals surface area contributed by atoms with E-state index in [1.165, 1.54) is 12.0 Å². The third kappa shape index (κ3) is 2.06. The van der Waals surface area contributed by atoms with Gasteiger partial charge in [-0.05, 0) is 30.0 Å². The summed E-state index contributed by atoms with van der Waals surface area (Å²) < 4.78 is 1.76. The minimum absolute atomic E-state index is 0.620. The molecule has 1 unspecified atom stereocenters. The van der Waals surface area contributed by atoms with Crippen LogP contribution in [0.25, 0.3) is 5.69 Å². The molecule has 0 saturated heterocycles. The molecule has 0 aliphatic carbocycles. The van der Waals surface area contributed by atoms with E-state index in [1.807, 2.05) is 0 Å². The van der Waals surface area contributed by atoms with Gasteiger partial charge in [0.1, 0.15) is 12.7 Å². The number of rotatable bonds is 3. The van der Waals surface area contributed by atoms with Crippen LogP contribution in [0, 0.1) is 0 Å². The van der Waals surface area contributed by atoms with Crippen molar-refractivity contribution in [3.8, 4) is 5.69 Å². The van der Waals surface area contributed by atoms with Crippen molar-refractivity contribution in [1.82, 2.24) is 14.8 Å². The summed E-state index contributed by atoms with van der Waals surface area (Å²) >= 11 is 0. The summed E-state index contributed by atoms with van der Waals surface area (Å²) in [5.74, 6) is 0.620. The van der Waals surface area contributed by atoms with E-state index >= 15 is 0 Å². The van der Waals surface area contributed by atoms with Crippen LogP contribution in [-0.4, -0.2) is 14.8 Å². The highest BCUT2D eigenvalue weighted by Crippen LogP contribution is 2.19. The Morgan fingerprint density at radius 2 is 2.00 bits per heavy atom. The normalized spacial score (nSPS) is 12.7. The van der Waals surface area contributed by atoms with Gasteiger partial charge in [-0.3, -0.25) is 0 Å². The SMILES string of the molecule is CCC(C)c1ccc(-n2cncn2)cc1. The largest absolute Gasteiger partial charge is 0.223 e. The molecule has 1 heterocycles. The molecule has 2 rings (SSSR count). The molecule has 0 aliphatic rings. The number of hydrogen-bond acceptors (Lipinski definition) is 2. The molecular formula is C12H15N3. The van der Waals surface area contributed by atoms with Crippen molar-refractivity contribution in [2.24, 2.45) is 0 Å². The predicted molar refractivity (Wildman–Crippen MR) is 60.1 cm³/mol. The summed E-state index contributed by atoms with van der Waals surface area (Å²) in [6.07, 6.45) is 4.42. The van der Waals surface area contributed by atoms with E-state index in [1.54, 1.807) is 17.3 Å². The molecule has 0 saturated carbocycles. The zero-order chi connectivity index (χ0) is 10.7. The van der Waals surface area contributed by atoms with Crippen LogP contribution in [0.5, 0.6) is 0 Å². The van der Waals surface area contributed by atoms with Crippen LogP contribution in [0.1, 0.15) is 31.7 Å². The molecule has 2 aromatic rings. The maximum atomic E-state index is 4.09. The van der Waals surface area contributed by atoms with Crippen molar-refractivity contribution in [2.45, 2.75) is 26.2 Å². The summed E-state index contributed by atoms with van der Waals surface area (Å²) in [5.41, 5.74) is 2.43. The molecule has 1 aromatic carbocycles. The van der Waals surface area contributed by atoms with Crippen molar-refractivity contribution < 1.29 is 0 Å². The van der Waals surface area contributed by atoms with Crippen LogP contribution in [0.15, 0.2) is 36.9 Å². The summed E-state index contributed by atoms with van der Waals surface area (Å²) in [6.45, 7) is 4.44. The zero-order valence-electron chi connectivity index (χ0n) is 9.09. The molecule has 78 valence electrons. The Hall–Kier alpha value is -1.64. The number of nitrogens with zero attached hydrogens (tertiary/aromatic N) is 3. The molecule has 0 fully saturated rings. The van der Waals surface area contributed by atoms with Gasteiger partial charge in [0.15, 0.2) is 0 Å². The van der Waals surface area contributed by atoms with E-state index in [4.69, 9.17) is 0 Å². The molecule has 1 atom stereocenters. The molecular weight excluding hydrogens is 186 g/mol. The van der Waals surface area contributed by atoms with Crippen LogP contribution in [0.3, 0.4) is 0 Å². The Balaban J connectivity index is 2.25. The molecule has 3 nitrogen and oxygen atoms in total. The first-order valence-corrected chi connectivity index (χ1v) is 5.26. The lowest BCUT2D eigenvalue weighted by Gasteiger charge is -2.09. The van der Waals surface area contributed by atoms with Crippen LogP contribution < -0.4 is 0 Å². The molecule has 0 N–H and O–H groups in total. The Labute approximate surface area is 89.8 Å². The third-order valence-electron chi connectivity index (χ3n) is 2.76. The lowest BCUT2D eigenvalue weighted by Crippen LogP contribution is -1.96. The van der Waals surface area contributed by atoms with Gasteiger partial charge in [-0.15, -0.1) is 0 Å². The van der Waals surface area contributed by atoms with Gasteiger partial charge in [-0.2, -0.15) is 5.10 Å². The Kier molecular flexibility index (Phi) is 2.81. The van der Waals surface area contributed by atoms with E-state index in [-0.39, 0.29) is 0 Å². The molecule has 0 radical (unpaired) electrons. The Morgan fingerprint density at radius 3 is 2.53 bits per heavy atom. The van der Waals surface area contributed by atoms with Crippen molar-refractivity contribution >= 4 is 0 Å². The topological polar surface area (TPSA) is 30.7 Å². The minimum Gasteiger partial charge on any atom is -0.223 e. The summed E-state index contributed by atoms with van der Waals surface area (Å²) in [6, 6.07) is 8.47. The van der Waals surface area contributed by atoms with Crippen molar-refractivity contribution in [1.29, 1.82) is 0 Å². The minimum atomic E-state index is 0.620. The number of aromatic nitrogens is 3. The van der Waals surface area contributed by atoms with E-state index in [9.17, 15) is 0 Å². The zero-order valence-corrected chi connectivity index (χ0v) is 9.09. The lowest BCUT2D eigenvalue weighted by atomic mass is 9.99. The van der Waals surface area contributed by atoms with Gasteiger partial charge >= 0.3 is 0 Å². The molecule has 15 heavy (non-hydrogen) atoms. The summed E-state index contributed by atoms with van der Waals surface area (Å²) in [7, 11) is 0. The Bertz CT molecular complexity index is 403. The second kappa shape index (κ2) is 4.26. The smallest absolute Gasteiger partial charge is 0.138 e. The predicted octanol–water partition coefficient (Wildman–Crippen LogP) is 2.78. The maximum Gasteiger partial charge on any atom is 0.138 e. The van der Waals surface area contributed by atoms with Gasteiger partial charge in [0.2, 0.25) is 0 Å². The van der Waals surface area contributed by atoms with Crippen LogP contribution in [-0.2, 0) is 0 Å². The van der Waals surface area contributed by atoms with Crippen molar-refractivity contribution in [3.05, 3.63) is 42.5 Å². The second-order valence-corrected chi connectivity index (χ2v) is 3.74. The lowest BCUT2D eigenvalue weighted by molar-refractivity contribution is 0.732. The highest BCUT2D eigenvalue weighted by Gasteiger charge is 2.02. The van der Waals surface area contributed by atoms with Crippen molar-refractivity contribution in [3.63, 3.8) is 0 Å². The van der Waals surface area contributed by atoms with Gasteiger partial charge in [-0.1, -0.05) is 26.0 Å². The standard InChI is InChI=1S/C12H15N3/c1-3-10(2)11-4-6-12(7-5-11)15-9-13-8-14-15/h4-10H,3H2,1-2H3. The number of benzene rings is 1. The molecule has 3 heteroatoms. The first-order chi connectivity index (χ1) is 7.31. The highest BCUT2D eigenvalue weighted by atomic mass is 15.3. The summed E-state index contributed by atoms with van der Waals surface area (Å²) in [4.78, 5) is 3.92. The van der Waals surface area contributed by atoms with Gasteiger partial charge in [0, 0.05) is 0 Å². The second-order valence-electron chi connectivity index (χ2n) is 3.74. The molecule has 0 aliphatic heterocycles. The van der Waals surface area contributed by atoms with Gasteiger partial charge in [0.25, 0.3) is 0 Å².